The van der Waals surface area contributed by atoms with Gasteiger partial charge in [-0.25, -0.2) is 9.59 Å². The number of carbonyl (C=O) groups is 2. The lowest BCUT2D eigenvalue weighted by atomic mass is 10.1. The third-order valence-corrected chi connectivity index (χ3v) is 1.64. The predicted molar refractivity (Wildman–Crippen MR) is 62.8 cm³/mol. The molecule has 0 spiro atoms. The molecule has 1 aromatic carbocycles. The first kappa shape index (κ1) is 16.6. The number of ether oxygens (including phenoxy) is 1. The average molecular weight is 226 g/mol. The molecule has 0 aliphatic heterocycles. The van der Waals surface area contributed by atoms with Crippen molar-refractivity contribution >= 4 is 11.9 Å². The van der Waals surface area contributed by atoms with E-state index in [1.54, 1.807) is 6.92 Å². The summed E-state index contributed by atoms with van der Waals surface area (Å²) in [6.07, 6.45) is 0. The molecule has 90 valence electrons. The zero-order chi connectivity index (χ0) is 10.6. The second-order valence-electron chi connectivity index (χ2n) is 2.60. The zero-order valence-corrected chi connectivity index (χ0v) is 7.69. The summed E-state index contributed by atoms with van der Waals surface area (Å²) >= 11 is 0. The van der Waals surface area contributed by atoms with Gasteiger partial charge in [0.15, 0.2) is 0 Å². The van der Waals surface area contributed by atoms with Gasteiger partial charge >= 0.3 is 11.9 Å². The Labute approximate surface area is 95.9 Å². The number of hydrogen-bond donors (Lipinski definition) is 1. The highest BCUT2D eigenvalue weighted by molar-refractivity contribution is 5.92. The van der Waals surface area contributed by atoms with Gasteiger partial charge in [-0.3, -0.25) is 0 Å². The van der Waals surface area contributed by atoms with Crippen LogP contribution in [0.4, 0.5) is 0 Å². The smallest absolute Gasteiger partial charge is 0.338 e. The van der Waals surface area contributed by atoms with E-state index in [-0.39, 0.29) is 20.4 Å². The van der Waals surface area contributed by atoms with E-state index in [4.69, 9.17) is 9.84 Å². The van der Waals surface area contributed by atoms with Crippen LogP contribution in [0.5, 0.6) is 0 Å². The molecule has 0 saturated heterocycles. The molecule has 0 aliphatic rings. The van der Waals surface area contributed by atoms with Crippen LogP contribution in [0.3, 0.4) is 0 Å². The molecular formula is C12H18O4. The van der Waals surface area contributed by atoms with E-state index in [1.165, 1.54) is 24.3 Å². The summed E-state index contributed by atoms with van der Waals surface area (Å²) in [5.74, 6) is -1.45. The zero-order valence-electron chi connectivity index (χ0n) is 7.69. The van der Waals surface area contributed by atoms with Crippen molar-refractivity contribution in [2.75, 3.05) is 6.61 Å². The van der Waals surface area contributed by atoms with E-state index in [0.717, 1.165) is 0 Å². The van der Waals surface area contributed by atoms with Crippen molar-refractivity contribution in [1.29, 1.82) is 0 Å². The number of carboxylic acids is 1. The first-order chi connectivity index (χ1) is 6.65. The first-order valence-corrected chi connectivity index (χ1v) is 4.15. The van der Waals surface area contributed by atoms with Gasteiger partial charge in [-0.1, -0.05) is 14.9 Å². The lowest BCUT2D eigenvalue weighted by molar-refractivity contribution is 0.0525. The van der Waals surface area contributed by atoms with Crippen LogP contribution in [-0.2, 0) is 4.74 Å². The third-order valence-electron chi connectivity index (χ3n) is 1.64. The Bertz CT molecular complexity index is 341. The number of aromatic carboxylic acids is 1. The third kappa shape index (κ3) is 4.13. The topological polar surface area (TPSA) is 63.6 Å². The minimum Gasteiger partial charge on any atom is -0.478 e. The molecular weight excluding hydrogens is 208 g/mol. The van der Waals surface area contributed by atoms with Gasteiger partial charge in [-0.15, -0.1) is 0 Å². The summed E-state index contributed by atoms with van der Waals surface area (Å²) in [5, 5.41) is 8.60. The Kier molecular flexibility index (Phi) is 7.72. The molecule has 0 atom stereocenters. The van der Waals surface area contributed by atoms with Crippen LogP contribution < -0.4 is 0 Å². The van der Waals surface area contributed by atoms with Gasteiger partial charge < -0.3 is 9.84 Å². The molecule has 0 radical (unpaired) electrons. The van der Waals surface area contributed by atoms with Crippen LogP contribution in [0.2, 0.25) is 0 Å². The Balaban J connectivity index is 0. The molecule has 0 aliphatic carbocycles. The fourth-order valence-electron chi connectivity index (χ4n) is 0.963. The Morgan fingerprint density at radius 3 is 1.94 bits per heavy atom. The molecule has 0 fully saturated rings. The highest BCUT2D eigenvalue weighted by Crippen LogP contribution is 2.05. The summed E-state index contributed by atoms with van der Waals surface area (Å²) in [6, 6.07) is 5.60. The second kappa shape index (κ2) is 7.45. The average Bonchev–Trinajstić information content (AvgIpc) is 2.18. The van der Waals surface area contributed by atoms with E-state index in [0.29, 0.717) is 12.2 Å². The lowest BCUT2D eigenvalue weighted by Crippen LogP contribution is -2.05. The summed E-state index contributed by atoms with van der Waals surface area (Å²) < 4.78 is 4.74. The maximum atomic E-state index is 11.2. The minimum atomic E-state index is -1.01. The van der Waals surface area contributed by atoms with E-state index < -0.39 is 11.9 Å². The van der Waals surface area contributed by atoms with Crippen LogP contribution in [0.1, 0.15) is 42.5 Å². The van der Waals surface area contributed by atoms with Crippen LogP contribution in [0, 0.1) is 0 Å². The van der Waals surface area contributed by atoms with Crippen molar-refractivity contribution in [1.82, 2.24) is 0 Å². The molecule has 1 aromatic rings. The quantitative estimate of drug-likeness (QED) is 0.805. The van der Waals surface area contributed by atoms with Gasteiger partial charge in [-0.05, 0) is 31.2 Å². The van der Waals surface area contributed by atoms with Crippen LogP contribution in [-0.4, -0.2) is 23.7 Å². The molecule has 1 N–H and O–H groups in total. The van der Waals surface area contributed by atoms with Crippen molar-refractivity contribution in [2.45, 2.75) is 21.8 Å². The predicted octanol–water partition coefficient (Wildman–Crippen LogP) is 2.83. The van der Waals surface area contributed by atoms with Crippen LogP contribution in [0.15, 0.2) is 24.3 Å². The molecule has 0 aromatic heterocycles. The van der Waals surface area contributed by atoms with E-state index in [1.807, 2.05) is 0 Å². The van der Waals surface area contributed by atoms with Crippen molar-refractivity contribution in [3.05, 3.63) is 35.4 Å². The Hall–Kier alpha value is -1.84. The molecule has 0 heterocycles. The van der Waals surface area contributed by atoms with Gasteiger partial charge in [0, 0.05) is 0 Å². The Morgan fingerprint density at radius 2 is 1.56 bits per heavy atom. The lowest BCUT2D eigenvalue weighted by Gasteiger charge is -2.01. The Morgan fingerprint density at radius 1 is 1.12 bits per heavy atom. The SMILES string of the molecule is C.C.CCOC(=O)c1ccc(C(=O)O)cc1. The molecule has 0 unspecified atom stereocenters. The molecule has 0 amide bonds. The minimum absolute atomic E-state index is 0. The molecule has 0 saturated carbocycles. The van der Waals surface area contributed by atoms with Gasteiger partial charge in [-0.2, -0.15) is 0 Å². The van der Waals surface area contributed by atoms with Crippen molar-refractivity contribution in [3.8, 4) is 0 Å². The molecule has 4 heteroatoms. The number of rotatable bonds is 3. The number of hydrogen-bond acceptors (Lipinski definition) is 3. The van der Waals surface area contributed by atoms with Gasteiger partial charge in [0.2, 0.25) is 0 Å². The van der Waals surface area contributed by atoms with Gasteiger partial charge in [0.25, 0.3) is 0 Å². The normalized spacial score (nSPS) is 8.31. The standard InChI is InChI=1S/C10H10O4.2CH4/c1-2-14-10(13)8-5-3-7(4-6-8)9(11)12;;/h3-6H,2H2,1H3,(H,11,12);2*1H4. The highest BCUT2D eigenvalue weighted by atomic mass is 16.5. The van der Waals surface area contributed by atoms with Crippen molar-refractivity contribution < 1.29 is 19.4 Å². The maximum Gasteiger partial charge on any atom is 0.338 e. The fraction of sp³-hybridized carbons (Fsp3) is 0.333. The number of carboxylic acid groups (broad SMARTS) is 1. The van der Waals surface area contributed by atoms with E-state index in [2.05, 4.69) is 0 Å². The molecule has 0 bridgehead atoms. The van der Waals surface area contributed by atoms with Crippen LogP contribution in [0.25, 0.3) is 0 Å². The number of benzene rings is 1. The van der Waals surface area contributed by atoms with E-state index >= 15 is 0 Å². The molecule has 1 rings (SSSR count). The fourth-order valence-corrected chi connectivity index (χ4v) is 0.963. The van der Waals surface area contributed by atoms with Gasteiger partial charge in [0.05, 0.1) is 17.7 Å². The summed E-state index contributed by atoms with van der Waals surface area (Å²) in [7, 11) is 0. The summed E-state index contributed by atoms with van der Waals surface area (Å²) in [5.41, 5.74) is 0.509. The van der Waals surface area contributed by atoms with Crippen LogP contribution >= 0.6 is 0 Å². The summed E-state index contributed by atoms with van der Waals surface area (Å²) in [6.45, 7) is 2.02. The number of carbonyl (C=O) groups excluding carboxylic acids is 1. The number of esters is 1. The maximum absolute atomic E-state index is 11.2. The van der Waals surface area contributed by atoms with Crippen molar-refractivity contribution in [2.24, 2.45) is 0 Å². The monoisotopic (exact) mass is 226 g/mol. The second-order valence-corrected chi connectivity index (χ2v) is 2.60. The first-order valence-electron chi connectivity index (χ1n) is 4.15. The van der Waals surface area contributed by atoms with E-state index in [9.17, 15) is 9.59 Å². The summed E-state index contributed by atoms with van der Waals surface area (Å²) in [4.78, 5) is 21.6. The highest BCUT2D eigenvalue weighted by Gasteiger charge is 2.07. The molecule has 4 nitrogen and oxygen atoms in total. The van der Waals surface area contributed by atoms with Gasteiger partial charge in [0.1, 0.15) is 0 Å². The van der Waals surface area contributed by atoms with Crippen molar-refractivity contribution in [3.63, 3.8) is 0 Å². The largest absolute Gasteiger partial charge is 0.478 e. The molecule has 16 heavy (non-hydrogen) atoms.